The Balaban J connectivity index is 1.35. The standard InChI is InChI=1S/C29H30FN3O6/c1-18-16-19(9-14-22(18)31-29(37)32-23-6-3-4-8-25(23)38-2)17-26(34)33-15-5-7-24(33)27(30)39-21-12-10-20(11-13-21)28(35)36/h3-4,6,8-14,16,24,27H,5,7,15,17H2,1-2H3,(H,35,36)(H2,31,32,37)/t24-,27?/m0/s1. The number of methoxy groups -OCH3 is 1. The Bertz CT molecular complexity index is 1350. The van der Waals surface area contributed by atoms with Gasteiger partial charge in [-0.15, -0.1) is 0 Å². The lowest BCUT2D eigenvalue weighted by Crippen LogP contribution is -2.44. The molecule has 0 saturated carbocycles. The number of urea groups is 1. The molecule has 3 amide bonds. The quantitative estimate of drug-likeness (QED) is 0.344. The first kappa shape index (κ1) is 27.4. The topological polar surface area (TPSA) is 117 Å². The number of likely N-dealkylation sites (tertiary alicyclic amines) is 1. The van der Waals surface area contributed by atoms with Gasteiger partial charge in [-0.3, -0.25) is 4.79 Å². The summed E-state index contributed by atoms with van der Waals surface area (Å²) in [6.45, 7) is 2.25. The van der Waals surface area contributed by atoms with Crippen LogP contribution < -0.4 is 20.1 Å². The minimum atomic E-state index is -1.75. The number of carboxylic acids is 1. The van der Waals surface area contributed by atoms with Gasteiger partial charge >= 0.3 is 12.0 Å². The van der Waals surface area contributed by atoms with Crippen molar-refractivity contribution in [2.75, 3.05) is 24.3 Å². The van der Waals surface area contributed by atoms with Gasteiger partial charge in [-0.1, -0.05) is 24.3 Å². The van der Waals surface area contributed by atoms with E-state index >= 15 is 4.39 Å². The van der Waals surface area contributed by atoms with Crippen LogP contribution in [0, 0.1) is 6.92 Å². The van der Waals surface area contributed by atoms with Crippen molar-refractivity contribution in [3.8, 4) is 11.5 Å². The number of hydrogen-bond acceptors (Lipinski definition) is 5. The minimum absolute atomic E-state index is 0.0731. The first-order chi connectivity index (χ1) is 18.7. The van der Waals surface area contributed by atoms with Gasteiger partial charge in [0.05, 0.1) is 30.8 Å². The zero-order valence-corrected chi connectivity index (χ0v) is 21.6. The number of ether oxygens (including phenoxy) is 2. The van der Waals surface area contributed by atoms with Gasteiger partial charge in [0.1, 0.15) is 11.5 Å². The van der Waals surface area contributed by atoms with Crippen LogP contribution in [0.1, 0.15) is 34.3 Å². The Morgan fingerprint density at radius 2 is 1.77 bits per heavy atom. The van der Waals surface area contributed by atoms with E-state index in [4.69, 9.17) is 14.6 Å². The number of amides is 3. The molecule has 0 bridgehead atoms. The Morgan fingerprint density at radius 1 is 1.05 bits per heavy atom. The first-order valence-corrected chi connectivity index (χ1v) is 12.5. The van der Waals surface area contributed by atoms with Gasteiger partial charge < -0.3 is 30.1 Å². The molecule has 1 heterocycles. The average molecular weight is 536 g/mol. The number of alkyl halides is 1. The highest BCUT2D eigenvalue weighted by Crippen LogP contribution is 2.27. The molecule has 3 N–H and O–H groups in total. The first-order valence-electron chi connectivity index (χ1n) is 12.5. The van der Waals surface area contributed by atoms with E-state index in [1.165, 1.54) is 36.3 Å². The van der Waals surface area contributed by atoms with Crippen molar-refractivity contribution in [2.24, 2.45) is 0 Å². The summed E-state index contributed by atoms with van der Waals surface area (Å²) in [5.41, 5.74) is 2.70. The van der Waals surface area contributed by atoms with Crippen LogP contribution in [0.15, 0.2) is 66.7 Å². The number of anilines is 2. The number of halogens is 1. The van der Waals surface area contributed by atoms with Crippen LogP contribution in [0.3, 0.4) is 0 Å². The van der Waals surface area contributed by atoms with E-state index in [-0.39, 0.29) is 23.6 Å². The van der Waals surface area contributed by atoms with E-state index in [1.54, 1.807) is 36.4 Å². The molecule has 1 aliphatic rings. The number of nitrogens with zero attached hydrogens (tertiary/aromatic N) is 1. The second kappa shape index (κ2) is 12.3. The summed E-state index contributed by atoms with van der Waals surface area (Å²) in [4.78, 5) is 38.1. The van der Waals surface area contributed by atoms with Crippen LogP contribution in [0.5, 0.6) is 11.5 Å². The number of carboxylic acid groups (broad SMARTS) is 1. The van der Waals surface area contributed by atoms with Crippen molar-refractivity contribution in [1.29, 1.82) is 0 Å². The van der Waals surface area contributed by atoms with Crippen LogP contribution in [-0.4, -0.2) is 54.0 Å². The highest BCUT2D eigenvalue weighted by molar-refractivity contribution is 6.01. The zero-order chi connectivity index (χ0) is 27.9. The third-order valence-electron chi connectivity index (χ3n) is 6.52. The number of hydrogen-bond donors (Lipinski definition) is 3. The van der Waals surface area contributed by atoms with Crippen LogP contribution in [0.2, 0.25) is 0 Å². The van der Waals surface area contributed by atoms with Crippen LogP contribution in [-0.2, 0) is 11.2 Å². The predicted octanol–water partition coefficient (Wildman–Crippen LogP) is 5.25. The Labute approximate surface area is 225 Å². The number of carbonyl (C=O) groups is 3. The Morgan fingerprint density at radius 3 is 2.46 bits per heavy atom. The largest absolute Gasteiger partial charge is 0.495 e. The SMILES string of the molecule is COc1ccccc1NC(=O)Nc1ccc(CC(=O)N2CCC[C@H]2C(F)Oc2ccc(C(=O)O)cc2)cc1C. The number of rotatable bonds is 9. The van der Waals surface area contributed by atoms with E-state index < -0.39 is 24.4 Å². The molecule has 204 valence electrons. The lowest BCUT2D eigenvalue weighted by atomic mass is 10.1. The third-order valence-corrected chi connectivity index (χ3v) is 6.52. The summed E-state index contributed by atoms with van der Waals surface area (Å²) in [6, 6.07) is 16.7. The molecule has 0 aliphatic carbocycles. The van der Waals surface area contributed by atoms with E-state index in [1.807, 2.05) is 13.0 Å². The summed E-state index contributed by atoms with van der Waals surface area (Å²) in [5.74, 6) is -0.573. The van der Waals surface area contributed by atoms with Crippen LogP contribution in [0.4, 0.5) is 20.6 Å². The molecule has 2 atom stereocenters. The molecule has 1 aliphatic heterocycles. The Kier molecular flexibility index (Phi) is 8.65. The number of aromatic carboxylic acids is 1. The minimum Gasteiger partial charge on any atom is -0.495 e. The molecule has 9 nitrogen and oxygen atoms in total. The highest BCUT2D eigenvalue weighted by atomic mass is 19.1. The monoisotopic (exact) mass is 535 g/mol. The molecular weight excluding hydrogens is 505 g/mol. The predicted molar refractivity (Wildman–Crippen MR) is 144 cm³/mol. The van der Waals surface area contributed by atoms with Gasteiger partial charge in [0, 0.05) is 12.2 Å². The molecule has 10 heteroatoms. The van der Waals surface area contributed by atoms with E-state index in [2.05, 4.69) is 10.6 Å². The number of aryl methyl sites for hydroxylation is 1. The third kappa shape index (κ3) is 6.84. The van der Waals surface area contributed by atoms with E-state index in [0.717, 1.165) is 11.1 Å². The van der Waals surface area contributed by atoms with E-state index in [0.29, 0.717) is 36.5 Å². The normalized spacial score (nSPS) is 15.4. The van der Waals surface area contributed by atoms with Crippen LogP contribution in [0.25, 0.3) is 0 Å². The fourth-order valence-corrected chi connectivity index (χ4v) is 4.54. The van der Waals surface area contributed by atoms with Crippen molar-refractivity contribution < 1.29 is 33.4 Å². The van der Waals surface area contributed by atoms with Crippen molar-refractivity contribution in [3.63, 3.8) is 0 Å². The molecule has 1 saturated heterocycles. The fraction of sp³-hybridized carbons (Fsp3) is 0.276. The second-order valence-electron chi connectivity index (χ2n) is 9.20. The number of para-hydroxylation sites is 2. The van der Waals surface area contributed by atoms with Gasteiger partial charge in [-0.05, 0) is 73.4 Å². The molecule has 4 rings (SSSR count). The zero-order valence-electron chi connectivity index (χ0n) is 21.6. The lowest BCUT2D eigenvalue weighted by molar-refractivity contribution is -0.135. The lowest BCUT2D eigenvalue weighted by Gasteiger charge is -2.27. The smallest absolute Gasteiger partial charge is 0.335 e. The van der Waals surface area contributed by atoms with Crippen molar-refractivity contribution in [1.82, 2.24) is 4.90 Å². The molecule has 3 aromatic carbocycles. The highest BCUT2D eigenvalue weighted by Gasteiger charge is 2.36. The Hall–Kier alpha value is -4.60. The average Bonchev–Trinajstić information content (AvgIpc) is 3.41. The summed E-state index contributed by atoms with van der Waals surface area (Å²) >= 11 is 0. The molecule has 1 unspecified atom stereocenters. The molecule has 3 aromatic rings. The molecule has 39 heavy (non-hydrogen) atoms. The fourth-order valence-electron chi connectivity index (χ4n) is 4.54. The van der Waals surface area contributed by atoms with Crippen LogP contribution >= 0.6 is 0 Å². The molecule has 0 spiro atoms. The number of benzene rings is 3. The molecule has 1 fully saturated rings. The van der Waals surface area contributed by atoms with Crippen molar-refractivity contribution >= 4 is 29.3 Å². The summed E-state index contributed by atoms with van der Waals surface area (Å²) < 4.78 is 25.7. The second-order valence-corrected chi connectivity index (χ2v) is 9.20. The summed E-state index contributed by atoms with van der Waals surface area (Å²) in [7, 11) is 1.52. The van der Waals surface area contributed by atoms with Gasteiger partial charge in [0.15, 0.2) is 0 Å². The molecule has 0 radical (unpaired) electrons. The van der Waals surface area contributed by atoms with Crippen molar-refractivity contribution in [3.05, 3.63) is 83.4 Å². The van der Waals surface area contributed by atoms with Crippen molar-refractivity contribution in [2.45, 2.75) is 38.6 Å². The number of carbonyl (C=O) groups excluding carboxylic acids is 2. The maximum atomic E-state index is 15.1. The van der Waals surface area contributed by atoms with E-state index in [9.17, 15) is 14.4 Å². The molecular formula is C29H30FN3O6. The van der Waals surface area contributed by atoms with Gasteiger partial charge in [0.25, 0.3) is 6.36 Å². The summed E-state index contributed by atoms with van der Waals surface area (Å²) in [6.07, 6.45) is -0.558. The maximum absolute atomic E-state index is 15.1. The van der Waals surface area contributed by atoms with Gasteiger partial charge in [-0.25, -0.2) is 9.59 Å². The summed E-state index contributed by atoms with van der Waals surface area (Å²) in [5, 5.41) is 14.6. The van der Waals surface area contributed by atoms with Gasteiger partial charge in [-0.2, -0.15) is 4.39 Å². The van der Waals surface area contributed by atoms with Gasteiger partial charge in [0.2, 0.25) is 5.91 Å². The maximum Gasteiger partial charge on any atom is 0.335 e. The molecule has 0 aromatic heterocycles. The number of nitrogens with one attached hydrogen (secondary N) is 2.